The molecule has 3 N–H and O–H groups in total. The molecule has 2 aromatic carbocycles. The summed E-state index contributed by atoms with van der Waals surface area (Å²) in [5.74, 6) is 0. The van der Waals surface area contributed by atoms with Crippen LogP contribution in [0.25, 0.3) is 0 Å². The zero-order valence-electron chi connectivity index (χ0n) is 11.6. The molecular weight excluding hydrogens is 305 g/mol. The molecule has 0 saturated carbocycles. The molecule has 0 saturated heterocycles. The lowest BCUT2D eigenvalue weighted by Gasteiger charge is -2.10. The molecule has 1 aliphatic heterocycles. The average Bonchev–Trinajstić information content (AvgIpc) is 2.88. The maximum absolute atomic E-state index is 12.3. The first-order valence-electron chi connectivity index (χ1n) is 6.65. The van der Waals surface area contributed by atoms with E-state index in [1.165, 1.54) is 12.1 Å². The Balaban J connectivity index is 1.86. The van der Waals surface area contributed by atoms with Gasteiger partial charge in [0.05, 0.1) is 18.1 Å². The summed E-state index contributed by atoms with van der Waals surface area (Å²) in [5, 5.41) is 18.6. The quantitative estimate of drug-likeness (QED) is 0.700. The van der Waals surface area contributed by atoms with Gasteiger partial charge in [0.15, 0.2) is 0 Å². The molecule has 114 valence electrons. The van der Waals surface area contributed by atoms with Crippen molar-refractivity contribution in [3.8, 4) is 0 Å². The summed E-state index contributed by atoms with van der Waals surface area (Å²) in [5.41, 5.74) is 2.39. The number of anilines is 1. The van der Waals surface area contributed by atoms with E-state index in [1.807, 2.05) is 0 Å². The van der Waals surface area contributed by atoms with Gasteiger partial charge in [-0.05, 0) is 40.9 Å². The summed E-state index contributed by atoms with van der Waals surface area (Å²) >= 11 is 0. The Morgan fingerprint density at radius 3 is 2.59 bits per heavy atom. The minimum Gasteiger partial charge on any atom is -0.423 e. The summed E-state index contributed by atoms with van der Waals surface area (Å²) in [7, 11) is -4.75. The van der Waals surface area contributed by atoms with E-state index in [-0.39, 0.29) is 11.5 Å². The van der Waals surface area contributed by atoms with Crippen molar-refractivity contribution >= 4 is 28.3 Å². The number of aliphatic hydroxyl groups is 1. The van der Waals surface area contributed by atoms with Crippen LogP contribution < -0.4 is 10.2 Å². The Labute approximate surface area is 128 Å². The van der Waals surface area contributed by atoms with Crippen LogP contribution in [0.4, 0.5) is 5.69 Å². The molecule has 1 aliphatic rings. The van der Waals surface area contributed by atoms with Crippen LogP contribution in [0.2, 0.25) is 0 Å². The second-order valence-corrected chi connectivity index (χ2v) is 6.67. The fourth-order valence-corrected chi connectivity index (χ4v) is 3.32. The fraction of sp³-hybridized carbons (Fsp3) is 0.143. The Bertz CT molecular complexity index is 791. The minimum atomic E-state index is -3.73. The van der Waals surface area contributed by atoms with Gasteiger partial charge in [-0.1, -0.05) is 18.2 Å². The van der Waals surface area contributed by atoms with Gasteiger partial charge in [-0.15, -0.1) is 0 Å². The highest BCUT2D eigenvalue weighted by molar-refractivity contribution is 7.92. The molecule has 0 atom stereocenters. The summed E-state index contributed by atoms with van der Waals surface area (Å²) < 4.78 is 32.2. The molecule has 8 heteroatoms. The first-order chi connectivity index (χ1) is 10.5. The average molecular weight is 319 g/mol. The molecule has 0 unspecified atom stereocenters. The van der Waals surface area contributed by atoms with Crippen molar-refractivity contribution < 1.29 is 23.2 Å². The SMILES string of the molecule is O=S(=O)(Nc1ccc2c(c1)B(O)OC2)c1ccc(CO)cc1. The van der Waals surface area contributed by atoms with E-state index in [0.717, 1.165) is 5.56 Å². The Morgan fingerprint density at radius 1 is 1.18 bits per heavy atom. The van der Waals surface area contributed by atoms with E-state index in [9.17, 15) is 13.4 Å². The van der Waals surface area contributed by atoms with Crippen molar-refractivity contribution in [1.29, 1.82) is 0 Å². The topological polar surface area (TPSA) is 95.9 Å². The van der Waals surface area contributed by atoms with Gasteiger partial charge in [-0.2, -0.15) is 0 Å². The highest BCUT2D eigenvalue weighted by Gasteiger charge is 2.27. The molecule has 0 radical (unpaired) electrons. The minimum absolute atomic E-state index is 0.0991. The van der Waals surface area contributed by atoms with Gasteiger partial charge < -0.3 is 14.8 Å². The van der Waals surface area contributed by atoms with Crippen molar-refractivity contribution in [3.05, 3.63) is 53.6 Å². The maximum atomic E-state index is 12.3. The van der Waals surface area contributed by atoms with Crippen molar-refractivity contribution in [1.82, 2.24) is 0 Å². The van der Waals surface area contributed by atoms with Crippen LogP contribution >= 0.6 is 0 Å². The molecule has 0 aromatic heterocycles. The highest BCUT2D eigenvalue weighted by atomic mass is 32.2. The van der Waals surface area contributed by atoms with Crippen LogP contribution in [0, 0.1) is 0 Å². The van der Waals surface area contributed by atoms with Gasteiger partial charge in [-0.25, -0.2) is 8.42 Å². The molecule has 1 heterocycles. The van der Waals surface area contributed by atoms with Gasteiger partial charge in [0, 0.05) is 5.69 Å². The van der Waals surface area contributed by atoms with Crippen LogP contribution in [-0.2, 0) is 27.9 Å². The molecule has 22 heavy (non-hydrogen) atoms. The summed E-state index contributed by atoms with van der Waals surface area (Å²) in [6, 6.07) is 10.9. The van der Waals surface area contributed by atoms with E-state index < -0.39 is 17.1 Å². The van der Waals surface area contributed by atoms with E-state index in [1.54, 1.807) is 30.3 Å². The zero-order chi connectivity index (χ0) is 15.7. The second kappa shape index (κ2) is 5.73. The molecule has 0 amide bonds. The van der Waals surface area contributed by atoms with E-state index in [0.29, 0.717) is 23.3 Å². The number of benzene rings is 2. The van der Waals surface area contributed by atoms with E-state index in [4.69, 9.17) is 9.76 Å². The number of hydrogen-bond acceptors (Lipinski definition) is 5. The highest BCUT2D eigenvalue weighted by Crippen LogP contribution is 2.19. The number of hydrogen-bond donors (Lipinski definition) is 3. The number of rotatable bonds is 4. The van der Waals surface area contributed by atoms with Crippen molar-refractivity contribution in [3.63, 3.8) is 0 Å². The summed E-state index contributed by atoms with van der Waals surface area (Å²) in [6.07, 6.45) is 0. The third-order valence-corrected chi connectivity index (χ3v) is 4.87. The lowest BCUT2D eigenvalue weighted by atomic mass is 9.79. The molecule has 0 fully saturated rings. The Hall–Kier alpha value is -1.87. The summed E-state index contributed by atoms with van der Waals surface area (Å²) in [4.78, 5) is 0.0991. The van der Waals surface area contributed by atoms with E-state index >= 15 is 0 Å². The van der Waals surface area contributed by atoms with Gasteiger partial charge in [0.25, 0.3) is 10.0 Å². The van der Waals surface area contributed by atoms with Crippen molar-refractivity contribution in [2.45, 2.75) is 18.1 Å². The van der Waals surface area contributed by atoms with Crippen LogP contribution in [0.15, 0.2) is 47.4 Å². The third-order valence-electron chi connectivity index (χ3n) is 3.48. The van der Waals surface area contributed by atoms with Gasteiger partial charge in [0.1, 0.15) is 0 Å². The van der Waals surface area contributed by atoms with Crippen LogP contribution in [0.1, 0.15) is 11.1 Å². The lowest BCUT2D eigenvalue weighted by molar-refractivity contribution is 0.275. The van der Waals surface area contributed by atoms with Crippen LogP contribution in [-0.4, -0.2) is 25.7 Å². The molecule has 6 nitrogen and oxygen atoms in total. The predicted octanol–water partition coefficient (Wildman–Crippen LogP) is 0.197. The smallest absolute Gasteiger partial charge is 0.423 e. The number of fused-ring (bicyclic) bond motifs is 1. The molecule has 2 aromatic rings. The number of sulfonamides is 1. The standard InChI is InChI=1S/C14H14BNO5S/c17-8-10-1-5-13(6-2-10)22(19,20)16-12-4-3-11-9-21-15(18)14(11)7-12/h1-7,16-18H,8-9H2. The molecule has 0 spiro atoms. The summed E-state index contributed by atoms with van der Waals surface area (Å²) in [6.45, 7) is 0.169. The molecule has 0 bridgehead atoms. The Kier molecular flexibility index (Phi) is 3.92. The zero-order valence-corrected chi connectivity index (χ0v) is 12.4. The number of nitrogens with one attached hydrogen (secondary N) is 1. The second-order valence-electron chi connectivity index (χ2n) is 4.98. The van der Waals surface area contributed by atoms with Gasteiger partial charge in [0.2, 0.25) is 0 Å². The van der Waals surface area contributed by atoms with Crippen LogP contribution in [0.3, 0.4) is 0 Å². The fourth-order valence-electron chi connectivity index (χ4n) is 2.27. The number of aliphatic hydroxyl groups excluding tert-OH is 1. The molecular formula is C14H14BNO5S. The van der Waals surface area contributed by atoms with Gasteiger partial charge >= 0.3 is 7.12 Å². The first-order valence-corrected chi connectivity index (χ1v) is 8.13. The Morgan fingerprint density at radius 2 is 1.91 bits per heavy atom. The van der Waals surface area contributed by atoms with E-state index in [2.05, 4.69) is 4.72 Å². The maximum Gasteiger partial charge on any atom is 0.491 e. The first kappa shape index (κ1) is 15.0. The molecule has 3 rings (SSSR count). The van der Waals surface area contributed by atoms with Gasteiger partial charge in [-0.3, -0.25) is 4.72 Å². The monoisotopic (exact) mass is 319 g/mol. The normalized spacial score (nSPS) is 14.0. The van der Waals surface area contributed by atoms with Crippen molar-refractivity contribution in [2.75, 3.05) is 4.72 Å². The van der Waals surface area contributed by atoms with Crippen molar-refractivity contribution in [2.24, 2.45) is 0 Å². The predicted molar refractivity (Wildman–Crippen MR) is 82.0 cm³/mol. The van der Waals surface area contributed by atoms with Crippen LogP contribution in [0.5, 0.6) is 0 Å². The lowest BCUT2D eigenvalue weighted by Crippen LogP contribution is -2.28. The third kappa shape index (κ3) is 2.86. The largest absolute Gasteiger partial charge is 0.491 e. The molecule has 0 aliphatic carbocycles.